The average molecular weight is 503 g/mol. The van der Waals surface area contributed by atoms with E-state index in [2.05, 4.69) is 31.0 Å². The van der Waals surface area contributed by atoms with Crippen molar-refractivity contribution in [3.05, 3.63) is 65.1 Å². The van der Waals surface area contributed by atoms with Crippen LogP contribution in [0.25, 0.3) is 11.3 Å². The standard InChI is InChI=1S/C22H23BrN4O3S/c1-2-30-20-10-8-18(23)16-21(20)31(28,29)27-14-12-26(13-15-27)22-11-9-19(24-25-22)17-6-4-3-5-7-17/h3-11,16H,2,12-15H2,1H3. The van der Waals surface area contributed by atoms with Crippen molar-refractivity contribution in [1.29, 1.82) is 0 Å². The minimum absolute atomic E-state index is 0.184. The molecule has 0 radical (unpaired) electrons. The third-order valence-electron chi connectivity index (χ3n) is 5.11. The Morgan fingerprint density at radius 1 is 0.968 bits per heavy atom. The van der Waals surface area contributed by atoms with Crippen LogP contribution in [-0.4, -0.2) is 55.7 Å². The summed E-state index contributed by atoms with van der Waals surface area (Å²) in [7, 11) is -3.67. The third-order valence-corrected chi connectivity index (χ3v) is 7.52. The van der Waals surface area contributed by atoms with Gasteiger partial charge in [-0.1, -0.05) is 46.3 Å². The number of hydrogen-bond donors (Lipinski definition) is 0. The molecule has 0 bridgehead atoms. The molecule has 1 aliphatic heterocycles. The van der Waals surface area contributed by atoms with Crippen LogP contribution in [0.1, 0.15) is 6.92 Å². The Bertz CT molecular complexity index is 1130. The fraction of sp³-hybridized carbons (Fsp3) is 0.273. The second kappa shape index (κ2) is 9.33. The summed E-state index contributed by atoms with van der Waals surface area (Å²) >= 11 is 3.36. The first kappa shape index (κ1) is 21.7. The van der Waals surface area contributed by atoms with Gasteiger partial charge in [-0.05, 0) is 37.3 Å². The summed E-state index contributed by atoms with van der Waals surface area (Å²) in [5, 5.41) is 8.69. The molecule has 0 spiro atoms. The number of nitrogens with zero attached hydrogens (tertiary/aromatic N) is 4. The number of piperazine rings is 1. The van der Waals surface area contributed by atoms with Gasteiger partial charge < -0.3 is 9.64 Å². The maximum atomic E-state index is 13.3. The Balaban J connectivity index is 1.47. The lowest BCUT2D eigenvalue weighted by atomic mass is 10.1. The van der Waals surface area contributed by atoms with Crippen molar-refractivity contribution < 1.29 is 13.2 Å². The highest BCUT2D eigenvalue weighted by Gasteiger charge is 2.31. The van der Waals surface area contributed by atoms with E-state index in [1.165, 1.54) is 4.31 Å². The Kier molecular flexibility index (Phi) is 6.54. The number of rotatable bonds is 6. The average Bonchev–Trinajstić information content (AvgIpc) is 2.81. The van der Waals surface area contributed by atoms with Crippen LogP contribution >= 0.6 is 15.9 Å². The highest BCUT2D eigenvalue weighted by atomic mass is 79.9. The Labute approximate surface area is 190 Å². The lowest BCUT2D eigenvalue weighted by Crippen LogP contribution is -2.49. The zero-order valence-electron chi connectivity index (χ0n) is 17.1. The van der Waals surface area contributed by atoms with E-state index in [4.69, 9.17) is 4.74 Å². The number of hydrogen-bond acceptors (Lipinski definition) is 6. The normalized spacial score (nSPS) is 15.1. The van der Waals surface area contributed by atoms with Gasteiger partial charge in [-0.15, -0.1) is 10.2 Å². The van der Waals surface area contributed by atoms with Crippen LogP contribution in [0, 0.1) is 0 Å². The van der Waals surface area contributed by atoms with Gasteiger partial charge in [-0.2, -0.15) is 4.31 Å². The van der Waals surface area contributed by atoms with Crippen molar-refractivity contribution in [2.75, 3.05) is 37.7 Å². The molecule has 0 atom stereocenters. The van der Waals surface area contributed by atoms with Crippen LogP contribution in [0.5, 0.6) is 5.75 Å². The first-order valence-electron chi connectivity index (χ1n) is 10.1. The first-order chi connectivity index (χ1) is 15.0. The number of ether oxygens (including phenoxy) is 1. The predicted octanol–water partition coefficient (Wildman–Crippen LogP) is 3.82. The Morgan fingerprint density at radius 2 is 1.71 bits per heavy atom. The van der Waals surface area contributed by atoms with Crippen LogP contribution in [0.2, 0.25) is 0 Å². The zero-order valence-corrected chi connectivity index (χ0v) is 19.5. The van der Waals surface area contributed by atoms with Gasteiger partial charge in [0.25, 0.3) is 0 Å². The first-order valence-corrected chi connectivity index (χ1v) is 12.3. The van der Waals surface area contributed by atoms with Crippen LogP contribution in [-0.2, 0) is 10.0 Å². The summed E-state index contributed by atoms with van der Waals surface area (Å²) in [5.74, 6) is 1.12. The van der Waals surface area contributed by atoms with E-state index < -0.39 is 10.0 Å². The molecule has 0 N–H and O–H groups in total. The third kappa shape index (κ3) is 4.73. The van der Waals surface area contributed by atoms with Crippen LogP contribution < -0.4 is 9.64 Å². The topological polar surface area (TPSA) is 75.6 Å². The molecule has 0 saturated carbocycles. The minimum atomic E-state index is -3.67. The summed E-state index contributed by atoms with van der Waals surface area (Å²) in [5.41, 5.74) is 1.82. The van der Waals surface area contributed by atoms with E-state index in [-0.39, 0.29) is 4.90 Å². The van der Waals surface area contributed by atoms with Crippen LogP contribution in [0.15, 0.2) is 70.0 Å². The molecule has 0 aliphatic carbocycles. The molecule has 2 heterocycles. The van der Waals surface area contributed by atoms with Crippen molar-refractivity contribution >= 4 is 31.8 Å². The fourth-order valence-electron chi connectivity index (χ4n) is 3.51. The number of sulfonamides is 1. The maximum absolute atomic E-state index is 13.3. The van der Waals surface area contributed by atoms with Gasteiger partial charge in [0.05, 0.1) is 12.3 Å². The van der Waals surface area contributed by atoms with E-state index in [9.17, 15) is 8.42 Å². The summed E-state index contributed by atoms with van der Waals surface area (Å²) in [6.45, 7) is 4.04. The van der Waals surface area contributed by atoms with Gasteiger partial charge in [0.15, 0.2) is 5.82 Å². The van der Waals surface area contributed by atoms with Gasteiger partial charge in [0.2, 0.25) is 10.0 Å². The van der Waals surface area contributed by atoms with Gasteiger partial charge in [0.1, 0.15) is 10.6 Å². The molecule has 3 aromatic rings. The second-order valence-corrected chi connectivity index (χ2v) is 9.88. The molecule has 0 amide bonds. The van der Waals surface area contributed by atoms with Crippen molar-refractivity contribution in [2.24, 2.45) is 0 Å². The van der Waals surface area contributed by atoms with Crippen LogP contribution in [0.3, 0.4) is 0 Å². The van der Waals surface area contributed by atoms with Crippen molar-refractivity contribution in [3.63, 3.8) is 0 Å². The summed E-state index contributed by atoms with van der Waals surface area (Å²) in [4.78, 5) is 2.24. The summed E-state index contributed by atoms with van der Waals surface area (Å²) < 4.78 is 34.3. The lowest BCUT2D eigenvalue weighted by Gasteiger charge is -2.34. The SMILES string of the molecule is CCOc1ccc(Br)cc1S(=O)(=O)N1CCN(c2ccc(-c3ccccc3)nn2)CC1. The largest absolute Gasteiger partial charge is 0.492 e. The molecule has 4 rings (SSSR count). The number of aromatic nitrogens is 2. The molecular formula is C22H23BrN4O3S. The number of halogens is 1. The predicted molar refractivity (Wildman–Crippen MR) is 124 cm³/mol. The van der Waals surface area contributed by atoms with E-state index in [1.807, 2.05) is 49.4 Å². The molecule has 2 aromatic carbocycles. The maximum Gasteiger partial charge on any atom is 0.246 e. The molecule has 1 saturated heterocycles. The molecule has 162 valence electrons. The van der Waals surface area contributed by atoms with Crippen molar-refractivity contribution in [3.8, 4) is 17.0 Å². The highest BCUT2D eigenvalue weighted by Crippen LogP contribution is 2.31. The zero-order chi connectivity index (χ0) is 21.8. The quantitative estimate of drug-likeness (QED) is 0.509. The van der Waals surface area contributed by atoms with Gasteiger partial charge in [-0.25, -0.2) is 8.42 Å². The van der Waals surface area contributed by atoms with E-state index >= 15 is 0 Å². The van der Waals surface area contributed by atoms with Gasteiger partial charge in [0, 0.05) is 36.2 Å². The van der Waals surface area contributed by atoms with Crippen molar-refractivity contribution in [1.82, 2.24) is 14.5 Å². The molecule has 7 nitrogen and oxygen atoms in total. The summed E-state index contributed by atoms with van der Waals surface area (Å²) in [6, 6.07) is 18.8. The molecule has 9 heteroatoms. The number of anilines is 1. The molecule has 31 heavy (non-hydrogen) atoms. The summed E-state index contributed by atoms with van der Waals surface area (Å²) in [6.07, 6.45) is 0. The molecule has 1 aromatic heterocycles. The van der Waals surface area contributed by atoms with E-state index in [1.54, 1.807) is 18.2 Å². The lowest BCUT2D eigenvalue weighted by molar-refractivity contribution is 0.327. The molecule has 0 unspecified atom stereocenters. The van der Waals surface area contributed by atoms with Crippen molar-refractivity contribution in [2.45, 2.75) is 11.8 Å². The van der Waals surface area contributed by atoms with Gasteiger partial charge in [-0.3, -0.25) is 0 Å². The van der Waals surface area contributed by atoms with E-state index in [0.717, 1.165) is 17.1 Å². The fourth-order valence-corrected chi connectivity index (χ4v) is 5.60. The molecular weight excluding hydrogens is 480 g/mol. The molecule has 1 fully saturated rings. The molecule has 1 aliphatic rings. The van der Waals surface area contributed by atoms with E-state index in [0.29, 0.717) is 43.0 Å². The Morgan fingerprint density at radius 3 is 2.35 bits per heavy atom. The van der Waals surface area contributed by atoms with Gasteiger partial charge >= 0.3 is 0 Å². The smallest absolute Gasteiger partial charge is 0.246 e. The second-order valence-electron chi connectivity index (χ2n) is 7.06. The minimum Gasteiger partial charge on any atom is -0.492 e. The highest BCUT2D eigenvalue weighted by molar-refractivity contribution is 9.10. The Hall–Kier alpha value is -2.49. The monoisotopic (exact) mass is 502 g/mol. The number of benzene rings is 2. The van der Waals surface area contributed by atoms with Crippen LogP contribution in [0.4, 0.5) is 5.82 Å².